The summed E-state index contributed by atoms with van der Waals surface area (Å²) in [4.78, 5) is 17.0. The van der Waals surface area contributed by atoms with Crippen molar-refractivity contribution < 1.29 is 9.21 Å². The molecule has 0 spiro atoms. The summed E-state index contributed by atoms with van der Waals surface area (Å²) in [6, 6.07) is 20.3. The van der Waals surface area contributed by atoms with Crippen LogP contribution in [0.1, 0.15) is 22.8 Å². The van der Waals surface area contributed by atoms with Crippen LogP contribution in [0.4, 0.5) is 5.69 Å². The molecule has 0 saturated carbocycles. The number of fused-ring (bicyclic) bond motifs is 1. The lowest BCUT2D eigenvalue weighted by Crippen LogP contribution is -2.34. The summed E-state index contributed by atoms with van der Waals surface area (Å²) in [6.45, 7) is 2.10. The molecule has 0 saturated heterocycles. The summed E-state index contributed by atoms with van der Waals surface area (Å²) in [6.07, 6.45) is 0.939. The molecule has 1 heterocycles. The van der Waals surface area contributed by atoms with E-state index in [4.69, 9.17) is 28.2 Å². The zero-order valence-corrected chi connectivity index (χ0v) is 17.7. The van der Waals surface area contributed by atoms with Crippen molar-refractivity contribution in [2.45, 2.75) is 13.3 Å². The lowest BCUT2D eigenvalue weighted by molar-refractivity contribution is 0.0978. The second kappa shape index (κ2) is 8.65. The van der Waals surface area contributed by atoms with Crippen molar-refractivity contribution in [1.82, 2.24) is 10.3 Å². The predicted molar refractivity (Wildman–Crippen MR) is 124 cm³/mol. The van der Waals surface area contributed by atoms with Gasteiger partial charge in [-0.05, 0) is 66.7 Å². The molecule has 0 aliphatic carbocycles. The van der Waals surface area contributed by atoms with Gasteiger partial charge < -0.3 is 9.73 Å². The number of aromatic nitrogens is 1. The largest absolute Gasteiger partial charge is 0.436 e. The highest BCUT2D eigenvalue weighted by atomic mass is 35.5. The Labute approximate surface area is 184 Å². The van der Waals surface area contributed by atoms with Crippen LogP contribution in [0.3, 0.4) is 0 Å². The molecular weight excluding hydrogens is 418 g/mol. The molecule has 0 unspecified atom stereocenters. The van der Waals surface area contributed by atoms with E-state index in [0.29, 0.717) is 22.2 Å². The first-order chi connectivity index (χ1) is 14.5. The Kier molecular flexibility index (Phi) is 5.79. The van der Waals surface area contributed by atoms with Crippen LogP contribution in [0.2, 0.25) is 5.02 Å². The van der Waals surface area contributed by atoms with E-state index in [0.717, 1.165) is 23.1 Å². The molecule has 4 aromatic rings. The fraction of sp³-hybridized carbons (Fsp3) is 0.0870. The molecule has 0 aliphatic rings. The Balaban J connectivity index is 1.50. The van der Waals surface area contributed by atoms with Crippen LogP contribution in [0.25, 0.3) is 22.6 Å². The van der Waals surface area contributed by atoms with E-state index in [1.807, 2.05) is 42.5 Å². The highest BCUT2D eigenvalue weighted by Crippen LogP contribution is 2.27. The summed E-state index contributed by atoms with van der Waals surface area (Å²) in [5.74, 6) is 0.146. The van der Waals surface area contributed by atoms with E-state index in [2.05, 4.69) is 22.5 Å². The number of aryl methyl sites for hydroxylation is 1. The van der Waals surface area contributed by atoms with E-state index in [9.17, 15) is 4.79 Å². The SMILES string of the molecule is CCc1ccc2oc(-c3cccc(NC(=S)NC(=O)c4ccccc4Cl)c3)nc2c1. The Bertz CT molecular complexity index is 1250. The highest BCUT2D eigenvalue weighted by molar-refractivity contribution is 7.80. The summed E-state index contributed by atoms with van der Waals surface area (Å²) >= 11 is 11.3. The van der Waals surface area contributed by atoms with Crippen LogP contribution < -0.4 is 10.6 Å². The lowest BCUT2D eigenvalue weighted by atomic mass is 10.1. The summed E-state index contributed by atoms with van der Waals surface area (Å²) in [7, 11) is 0. The minimum atomic E-state index is -0.375. The molecular formula is C23H18ClN3O2S. The number of rotatable bonds is 4. The number of oxazole rings is 1. The van der Waals surface area contributed by atoms with Gasteiger partial charge in [0.2, 0.25) is 5.89 Å². The second-order valence-corrected chi connectivity index (χ2v) is 7.46. The number of anilines is 1. The van der Waals surface area contributed by atoms with Crippen molar-refractivity contribution in [2.24, 2.45) is 0 Å². The quantitative estimate of drug-likeness (QED) is 0.394. The third-order valence-corrected chi connectivity index (χ3v) is 5.11. The second-order valence-electron chi connectivity index (χ2n) is 6.64. The number of nitrogens with one attached hydrogen (secondary N) is 2. The van der Waals surface area contributed by atoms with Gasteiger partial charge in [0.05, 0.1) is 10.6 Å². The maximum absolute atomic E-state index is 12.4. The normalized spacial score (nSPS) is 10.7. The molecule has 0 atom stereocenters. The maximum Gasteiger partial charge on any atom is 0.258 e. The van der Waals surface area contributed by atoms with E-state index < -0.39 is 0 Å². The van der Waals surface area contributed by atoms with Gasteiger partial charge in [-0.25, -0.2) is 4.98 Å². The molecule has 2 N–H and O–H groups in total. The van der Waals surface area contributed by atoms with Gasteiger partial charge in [-0.15, -0.1) is 0 Å². The smallest absolute Gasteiger partial charge is 0.258 e. The fourth-order valence-electron chi connectivity index (χ4n) is 3.02. The van der Waals surface area contributed by atoms with Gasteiger partial charge in [0.25, 0.3) is 5.91 Å². The number of hydrogen-bond donors (Lipinski definition) is 2. The zero-order chi connectivity index (χ0) is 21.1. The molecule has 1 aromatic heterocycles. The van der Waals surface area contributed by atoms with Crippen molar-refractivity contribution in [1.29, 1.82) is 0 Å². The standard InChI is InChI=1S/C23H18ClN3O2S/c1-2-14-10-11-20-19(12-14)26-22(29-20)15-6-5-7-16(13-15)25-23(30)27-21(28)17-8-3-4-9-18(17)24/h3-13H,2H2,1H3,(H2,25,27,28,30). The lowest BCUT2D eigenvalue weighted by Gasteiger charge is -2.10. The van der Waals surface area contributed by atoms with Crippen molar-refractivity contribution in [3.8, 4) is 11.5 Å². The molecule has 0 radical (unpaired) electrons. The highest BCUT2D eigenvalue weighted by Gasteiger charge is 2.13. The van der Waals surface area contributed by atoms with E-state index >= 15 is 0 Å². The van der Waals surface area contributed by atoms with Gasteiger partial charge in [0, 0.05) is 11.3 Å². The molecule has 3 aromatic carbocycles. The van der Waals surface area contributed by atoms with Crippen LogP contribution in [0.5, 0.6) is 0 Å². The average molecular weight is 436 g/mol. The third kappa shape index (κ3) is 4.35. The third-order valence-electron chi connectivity index (χ3n) is 4.57. The molecule has 7 heteroatoms. The van der Waals surface area contributed by atoms with Crippen molar-refractivity contribution in [2.75, 3.05) is 5.32 Å². The molecule has 30 heavy (non-hydrogen) atoms. The predicted octanol–water partition coefficient (Wildman–Crippen LogP) is 5.84. The molecule has 0 aliphatic heterocycles. The van der Waals surface area contributed by atoms with Gasteiger partial charge in [0.1, 0.15) is 5.52 Å². The van der Waals surface area contributed by atoms with Crippen LogP contribution in [0.15, 0.2) is 71.1 Å². The number of nitrogens with zero attached hydrogens (tertiary/aromatic N) is 1. The number of carbonyl (C=O) groups is 1. The maximum atomic E-state index is 12.4. The first-order valence-corrected chi connectivity index (χ1v) is 10.2. The monoisotopic (exact) mass is 435 g/mol. The van der Waals surface area contributed by atoms with Crippen LogP contribution in [-0.2, 0) is 6.42 Å². The van der Waals surface area contributed by atoms with E-state index in [1.165, 1.54) is 5.56 Å². The molecule has 0 bridgehead atoms. The van der Waals surface area contributed by atoms with E-state index in [-0.39, 0.29) is 11.0 Å². The van der Waals surface area contributed by atoms with E-state index in [1.54, 1.807) is 24.3 Å². The van der Waals surface area contributed by atoms with Gasteiger partial charge in [-0.2, -0.15) is 0 Å². The number of amides is 1. The Morgan fingerprint density at radius 2 is 1.93 bits per heavy atom. The van der Waals surface area contributed by atoms with Gasteiger partial charge in [-0.1, -0.05) is 42.8 Å². The van der Waals surface area contributed by atoms with Gasteiger partial charge >= 0.3 is 0 Å². The molecule has 5 nitrogen and oxygen atoms in total. The summed E-state index contributed by atoms with van der Waals surface area (Å²) in [5, 5.41) is 6.18. The molecule has 1 amide bonds. The topological polar surface area (TPSA) is 67.2 Å². The summed E-state index contributed by atoms with van der Waals surface area (Å²) < 4.78 is 5.89. The Hall–Kier alpha value is -3.22. The van der Waals surface area contributed by atoms with Crippen molar-refractivity contribution in [3.63, 3.8) is 0 Å². The minimum Gasteiger partial charge on any atom is -0.436 e. The Morgan fingerprint density at radius 1 is 1.10 bits per heavy atom. The first-order valence-electron chi connectivity index (χ1n) is 9.40. The summed E-state index contributed by atoms with van der Waals surface area (Å²) in [5.41, 5.74) is 4.63. The molecule has 0 fully saturated rings. The van der Waals surface area contributed by atoms with Crippen molar-refractivity contribution in [3.05, 3.63) is 82.9 Å². The molecule has 4 rings (SSSR count). The first kappa shape index (κ1) is 20.1. The van der Waals surface area contributed by atoms with Crippen LogP contribution >= 0.6 is 23.8 Å². The average Bonchev–Trinajstić information content (AvgIpc) is 3.17. The Morgan fingerprint density at radius 3 is 2.73 bits per heavy atom. The van der Waals surface area contributed by atoms with Gasteiger partial charge in [-0.3, -0.25) is 10.1 Å². The number of benzene rings is 3. The zero-order valence-electron chi connectivity index (χ0n) is 16.1. The fourth-order valence-corrected chi connectivity index (χ4v) is 3.46. The van der Waals surface area contributed by atoms with Crippen LogP contribution in [-0.4, -0.2) is 16.0 Å². The molecule has 150 valence electrons. The van der Waals surface area contributed by atoms with Crippen molar-refractivity contribution >= 4 is 51.6 Å². The van der Waals surface area contributed by atoms with Gasteiger partial charge in [0.15, 0.2) is 10.7 Å². The number of hydrogen-bond acceptors (Lipinski definition) is 4. The minimum absolute atomic E-state index is 0.169. The van der Waals surface area contributed by atoms with Crippen LogP contribution in [0, 0.1) is 0 Å². The number of thiocarbonyl (C=S) groups is 1. The number of carbonyl (C=O) groups excluding carboxylic acids is 1. The number of halogens is 1.